The molecule has 5 heteroatoms. The zero-order valence-corrected chi connectivity index (χ0v) is 12.3. The van der Waals surface area contributed by atoms with E-state index in [2.05, 4.69) is 21.9 Å². The van der Waals surface area contributed by atoms with Crippen molar-refractivity contribution in [1.82, 2.24) is 5.43 Å². The van der Waals surface area contributed by atoms with Gasteiger partial charge < -0.3 is 5.32 Å². The molecular formula is C16H14N4S. The lowest BCUT2D eigenvalue weighted by atomic mass is 10.2. The van der Waals surface area contributed by atoms with Crippen molar-refractivity contribution >= 4 is 29.2 Å². The van der Waals surface area contributed by atoms with Gasteiger partial charge in [-0.15, -0.1) is 0 Å². The number of hydrazone groups is 1. The first-order valence-corrected chi connectivity index (χ1v) is 6.75. The normalized spacial score (nSPS) is 10.1. The van der Waals surface area contributed by atoms with Crippen molar-refractivity contribution in [3.05, 3.63) is 65.2 Å². The Morgan fingerprint density at radius 3 is 2.43 bits per heavy atom. The van der Waals surface area contributed by atoms with E-state index in [1.54, 1.807) is 18.3 Å². The second-order valence-corrected chi connectivity index (χ2v) is 4.83. The fourth-order valence-corrected chi connectivity index (χ4v) is 1.78. The molecule has 0 saturated carbocycles. The third-order valence-corrected chi connectivity index (χ3v) is 2.92. The van der Waals surface area contributed by atoms with E-state index < -0.39 is 0 Å². The Morgan fingerprint density at radius 2 is 1.81 bits per heavy atom. The van der Waals surface area contributed by atoms with E-state index >= 15 is 0 Å². The number of hydrogen-bond acceptors (Lipinski definition) is 3. The van der Waals surface area contributed by atoms with Crippen LogP contribution in [0.25, 0.3) is 0 Å². The van der Waals surface area contributed by atoms with E-state index in [1.807, 2.05) is 43.3 Å². The molecule has 0 atom stereocenters. The van der Waals surface area contributed by atoms with Crippen LogP contribution in [0.15, 0.2) is 53.6 Å². The molecule has 0 unspecified atom stereocenters. The quantitative estimate of drug-likeness (QED) is 0.518. The number of aryl methyl sites for hydroxylation is 1. The van der Waals surface area contributed by atoms with Crippen LogP contribution in [0.2, 0.25) is 0 Å². The van der Waals surface area contributed by atoms with Crippen molar-refractivity contribution < 1.29 is 0 Å². The summed E-state index contributed by atoms with van der Waals surface area (Å²) in [6.45, 7) is 2.03. The number of hydrogen-bond donors (Lipinski definition) is 2. The van der Waals surface area contributed by atoms with Gasteiger partial charge in [0, 0.05) is 5.69 Å². The Morgan fingerprint density at radius 1 is 1.14 bits per heavy atom. The fraction of sp³-hybridized carbons (Fsp3) is 0.0625. The Balaban J connectivity index is 1.86. The molecule has 0 aliphatic rings. The number of rotatable bonds is 3. The maximum Gasteiger partial charge on any atom is 0.191 e. The molecule has 0 aromatic heterocycles. The van der Waals surface area contributed by atoms with E-state index in [-0.39, 0.29) is 0 Å². The molecule has 2 aromatic carbocycles. The third kappa shape index (κ3) is 4.71. The highest BCUT2D eigenvalue weighted by Crippen LogP contribution is 2.08. The van der Waals surface area contributed by atoms with Crippen LogP contribution in [0.4, 0.5) is 5.69 Å². The van der Waals surface area contributed by atoms with Crippen LogP contribution >= 0.6 is 12.2 Å². The van der Waals surface area contributed by atoms with E-state index in [4.69, 9.17) is 17.5 Å². The van der Waals surface area contributed by atoms with Gasteiger partial charge in [0.15, 0.2) is 5.11 Å². The summed E-state index contributed by atoms with van der Waals surface area (Å²) in [7, 11) is 0. The van der Waals surface area contributed by atoms with Crippen LogP contribution in [0.1, 0.15) is 16.7 Å². The minimum Gasteiger partial charge on any atom is -0.331 e. The van der Waals surface area contributed by atoms with Crippen LogP contribution in [0.3, 0.4) is 0 Å². The number of nitriles is 1. The minimum absolute atomic E-state index is 0.420. The first kappa shape index (κ1) is 14.7. The van der Waals surface area contributed by atoms with E-state index in [0.717, 1.165) is 11.3 Å². The largest absolute Gasteiger partial charge is 0.331 e. The molecule has 0 aliphatic heterocycles. The summed E-state index contributed by atoms with van der Waals surface area (Å²) in [4.78, 5) is 0. The summed E-state index contributed by atoms with van der Waals surface area (Å²) in [6.07, 6.45) is 1.64. The summed E-state index contributed by atoms with van der Waals surface area (Å²) in [5.41, 5.74) is 6.36. The molecule has 0 spiro atoms. The molecule has 0 fully saturated rings. The molecule has 2 aromatic rings. The average Bonchev–Trinajstić information content (AvgIpc) is 2.50. The lowest BCUT2D eigenvalue weighted by Gasteiger charge is -2.06. The molecule has 0 bridgehead atoms. The van der Waals surface area contributed by atoms with Gasteiger partial charge in [0.1, 0.15) is 0 Å². The SMILES string of the molecule is Cc1ccc(NC(=S)N/N=C\c2ccc(C#N)cc2)cc1. The standard InChI is InChI=1S/C16H14N4S/c1-12-2-8-15(9-3-12)19-16(21)20-18-11-14-6-4-13(10-17)5-7-14/h2-9,11H,1H3,(H2,19,20,21)/b18-11-. The zero-order chi connectivity index (χ0) is 15.1. The van der Waals surface area contributed by atoms with Gasteiger partial charge in [-0.2, -0.15) is 10.4 Å². The van der Waals surface area contributed by atoms with Gasteiger partial charge in [0.25, 0.3) is 0 Å². The molecule has 2 N–H and O–H groups in total. The van der Waals surface area contributed by atoms with Gasteiger partial charge in [-0.05, 0) is 49.0 Å². The molecule has 0 radical (unpaired) electrons. The summed E-state index contributed by atoms with van der Waals surface area (Å²) >= 11 is 5.14. The van der Waals surface area contributed by atoms with E-state index in [1.165, 1.54) is 5.56 Å². The second-order valence-electron chi connectivity index (χ2n) is 4.42. The average molecular weight is 294 g/mol. The van der Waals surface area contributed by atoms with Crippen LogP contribution < -0.4 is 10.7 Å². The number of thiocarbonyl (C=S) groups is 1. The van der Waals surface area contributed by atoms with Crippen molar-refractivity contribution in [1.29, 1.82) is 5.26 Å². The fourth-order valence-electron chi connectivity index (χ4n) is 1.61. The van der Waals surface area contributed by atoms with Gasteiger partial charge in [0.05, 0.1) is 17.8 Å². The maximum absolute atomic E-state index is 8.71. The van der Waals surface area contributed by atoms with Crippen LogP contribution in [-0.2, 0) is 0 Å². The van der Waals surface area contributed by atoms with Gasteiger partial charge in [-0.25, -0.2) is 0 Å². The topological polar surface area (TPSA) is 60.2 Å². The first-order valence-electron chi connectivity index (χ1n) is 6.34. The van der Waals surface area contributed by atoms with Crippen molar-refractivity contribution in [2.45, 2.75) is 6.92 Å². The smallest absolute Gasteiger partial charge is 0.191 e. The van der Waals surface area contributed by atoms with Crippen molar-refractivity contribution in [3.8, 4) is 6.07 Å². The van der Waals surface area contributed by atoms with Gasteiger partial charge in [-0.3, -0.25) is 5.43 Å². The summed E-state index contributed by atoms with van der Waals surface area (Å²) in [6, 6.07) is 17.1. The number of benzene rings is 2. The maximum atomic E-state index is 8.71. The molecule has 0 heterocycles. The molecule has 0 saturated heterocycles. The molecular weight excluding hydrogens is 280 g/mol. The van der Waals surface area contributed by atoms with Crippen LogP contribution in [-0.4, -0.2) is 11.3 Å². The highest BCUT2D eigenvalue weighted by atomic mass is 32.1. The highest BCUT2D eigenvalue weighted by Gasteiger charge is 1.95. The van der Waals surface area contributed by atoms with Crippen molar-refractivity contribution in [2.24, 2.45) is 5.10 Å². The van der Waals surface area contributed by atoms with Crippen LogP contribution in [0.5, 0.6) is 0 Å². The Bertz CT molecular complexity index is 682. The predicted molar refractivity (Wildman–Crippen MR) is 89.3 cm³/mol. The summed E-state index contributed by atoms with van der Waals surface area (Å²) in [5.74, 6) is 0. The molecule has 0 amide bonds. The molecule has 0 aliphatic carbocycles. The van der Waals surface area contributed by atoms with Crippen LogP contribution in [0, 0.1) is 18.3 Å². The predicted octanol–water partition coefficient (Wildman–Crippen LogP) is 3.19. The van der Waals surface area contributed by atoms with Gasteiger partial charge in [-0.1, -0.05) is 29.8 Å². The molecule has 104 valence electrons. The Hall–Kier alpha value is -2.71. The number of anilines is 1. The minimum atomic E-state index is 0.420. The van der Waals surface area contributed by atoms with E-state index in [0.29, 0.717) is 10.7 Å². The lowest BCUT2D eigenvalue weighted by Crippen LogP contribution is -2.23. The molecule has 4 nitrogen and oxygen atoms in total. The number of nitrogens with zero attached hydrogens (tertiary/aromatic N) is 2. The number of nitrogens with one attached hydrogen (secondary N) is 2. The highest BCUT2D eigenvalue weighted by molar-refractivity contribution is 7.80. The zero-order valence-electron chi connectivity index (χ0n) is 11.5. The Labute approximate surface area is 129 Å². The van der Waals surface area contributed by atoms with Gasteiger partial charge >= 0.3 is 0 Å². The molecule has 2 rings (SSSR count). The second kappa shape index (κ2) is 7.17. The summed E-state index contributed by atoms with van der Waals surface area (Å²) in [5, 5.41) is 16.2. The Kier molecular flexibility index (Phi) is 5.02. The summed E-state index contributed by atoms with van der Waals surface area (Å²) < 4.78 is 0. The lowest BCUT2D eigenvalue weighted by molar-refractivity contribution is 1.05. The third-order valence-electron chi connectivity index (χ3n) is 2.73. The van der Waals surface area contributed by atoms with Crippen molar-refractivity contribution in [3.63, 3.8) is 0 Å². The van der Waals surface area contributed by atoms with Gasteiger partial charge in [0.2, 0.25) is 0 Å². The molecule has 21 heavy (non-hydrogen) atoms. The van der Waals surface area contributed by atoms with Crippen molar-refractivity contribution in [2.75, 3.05) is 5.32 Å². The van der Waals surface area contributed by atoms with E-state index in [9.17, 15) is 0 Å². The monoisotopic (exact) mass is 294 g/mol. The first-order chi connectivity index (χ1) is 10.2.